The molecule has 0 aliphatic heterocycles. The Morgan fingerprint density at radius 3 is 2.54 bits per heavy atom. The van der Waals surface area contributed by atoms with E-state index in [1.807, 2.05) is 18.2 Å². The number of carbonyl (C=O) groups is 2. The molecular weight excluding hydrogens is 314 g/mol. The number of hydrogen-bond donors (Lipinski definition) is 2. The maximum atomic E-state index is 11.3. The van der Waals surface area contributed by atoms with E-state index in [9.17, 15) is 9.59 Å². The molecule has 2 rings (SSSR count). The van der Waals surface area contributed by atoms with E-state index >= 15 is 0 Å². The SMILES string of the molecule is COC(=O)Oc1cc(N=Nc2ccccc2)c(N)nc1NC(C)=O. The molecule has 0 radical (unpaired) electrons. The van der Waals surface area contributed by atoms with E-state index in [1.165, 1.54) is 13.0 Å². The zero-order valence-corrected chi connectivity index (χ0v) is 13.0. The van der Waals surface area contributed by atoms with Crippen molar-refractivity contribution in [1.29, 1.82) is 0 Å². The van der Waals surface area contributed by atoms with Gasteiger partial charge in [0.2, 0.25) is 5.91 Å². The van der Waals surface area contributed by atoms with E-state index < -0.39 is 12.1 Å². The zero-order valence-electron chi connectivity index (χ0n) is 13.0. The lowest BCUT2D eigenvalue weighted by atomic mass is 10.3. The summed E-state index contributed by atoms with van der Waals surface area (Å²) in [7, 11) is 1.15. The summed E-state index contributed by atoms with van der Waals surface area (Å²) in [5.41, 5.74) is 6.59. The van der Waals surface area contributed by atoms with Crippen LogP contribution in [0.1, 0.15) is 6.92 Å². The Morgan fingerprint density at radius 1 is 1.21 bits per heavy atom. The second-order valence-electron chi connectivity index (χ2n) is 4.51. The summed E-state index contributed by atoms with van der Waals surface area (Å²) in [4.78, 5) is 26.5. The number of nitrogen functional groups attached to an aromatic ring is 1. The topological polar surface area (TPSA) is 128 Å². The second kappa shape index (κ2) is 7.68. The van der Waals surface area contributed by atoms with Crippen LogP contribution in [-0.4, -0.2) is 24.2 Å². The molecule has 2 aromatic rings. The van der Waals surface area contributed by atoms with Crippen molar-refractivity contribution < 1.29 is 19.1 Å². The molecule has 3 N–H and O–H groups in total. The lowest BCUT2D eigenvalue weighted by Crippen LogP contribution is -2.13. The number of pyridine rings is 1. The van der Waals surface area contributed by atoms with Crippen LogP contribution in [0.25, 0.3) is 0 Å². The van der Waals surface area contributed by atoms with E-state index in [1.54, 1.807) is 12.1 Å². The minimum atomic E-state index is -0.973. The van der Waals surface area contributed by atoms with Gasteiger partial charge in [0, 0.05) is 13.0 Å². The molecule has 0 saturated heterocycles. The van der Waals surface area contributed by atoms with Crippen LogP contribution in [-0.2, 0) is 9.53 Å². The van der Waals surface area contributed by atoms with Crippen LogP contribution in [0, 0.1) is 0 Å². The number of nitrogens with one attached hydrogen (secondary N) is 1. The molecule has 1 aromatic heterocycles. The average Bonchev–Trinajstić information content (AvgIpc) is 2.56. The molecule has 9 nitrogen and oxygen atoms in total. The number of methoxy groups -OCH3 is 1. The minimum absolute atomic E-state index is 0.00986. The highest BCUT2D eigenvalue weighted by molar-refractivity contribution is 5.90. The van der Waals surface area contributed by atoms with Gasteiger partial charge in [0.05, 0.1) is 12.8 Å². The molecule has 124 valence electrons. The predicted octanol–water partition coefficient (Wildman–Crippen LogP) is 3.18. The average molecular weight is 329 g/mol. The highest BCUT2D eigenvalue weighted by atomic mass is 16.7. The smallest absolute Gasteiger partial charge is 0.437 e. The first-order chi connectivity index (χ1) is 11.5. The number of hydrogen-bond acceptors (Lipinski definition) is 8. The molecule has 0 aliphatic carbocycles. The minimum Gasteiger partial charge on any atom is -0.437 e. The number of carbonyl (C=O) groups excluding carboxylic acids is 2. The summed E-state index contributed by atoms with van der Waals surface area (Å²) in [5, 5.41) is 10.4. The van der Waals surface area contributed by atoms with Crippen LogP contribution in [0.15, 0.2) is 46.6 Å². The fourth-order valence-corrected chi connectivity index (χ4v) is 1.65. The van der Waals surface area contributed by atoms with Crippen molar-refractivity contribution in [3.63, 3.8) is 0 Å². The number of nitrogens with zero attached hydrogens (tertiary/aromatic N) is 3. The Balaban J connectivity index is 2.37. The number of benzene rings is 1. The lowest BCUT2D eigenvalue weighted by Gasteiger charge is -2.10. The Morgan fingerprint density at radius 2 is 1.92 bits per heavy atom. The van der Waals surface area contributed by atoms with E-state index in [-0.39, 0.29) is 23.1 Å². The normalized spacial score (nSPS) is 10.4. The van der Waals surface area contributed by atoms with Gasteiger partial charge < -0.3 is 20.5 Å². The van der Waals surface area contributed by atoms with Gasteiger partial charge in [-0.15, -0.1) is 5.11 Å². The van der Waals surface area contributed by atoms with Crippen LogP contribution in [0.4, 0.5) is 27.8 Å². The summed E-state index contributed by atoms with van der Waals surface area (Å²) < 4.78 is 9.37. The third kappa shape index (κ3) is 4.50. The van der Waals surface area contributed by atoms with E-state index in [4.69, 9.17) is 10.5 Å². The Hall–Kier alpha value is -3.49. The van der Waals surface area contributed by atoms with Gasteiger partial charge in [0.1, 0.15) is 5.69 Å². The number of amides is 1. The van der Waals surface area contributed by atoms with Gasteiger partial charge in [-0.1, -0.05) is 18.2 Å². The van der Waals surface area contributed by atoms with Crippen molar-refractivity contribution >= 4 is 35.1 Å². The van der Waals surface area contributed by atoms with Crippen molar-refractivity contribution in [3.8, 4) is 5.75 Å². The largest absolute Gasteiger partial charge is 0.513 e. The van der Waals surface area contributed by atoms with Crippen LogP contribution >= 0.6 is 0 Å². The van der Waals surface area contributed by atoms with Gasteiger partial charge in [0.15, 0.2) is 17.4 Å². The number of aromatic nitrogens is 1. The van der Waals surface area contributed by atoms with Crippen LogP contribution in [0.5, 0.6) is 5.75 Å². The number of rotatable bonds is 4. The summed E-state index contributed by atoms with van der Waals surface area (Å²) in [6.07, 6.45) is -0.973. The molecule has 1 aromatic carbocycles. The van der Waals surface area contributed by atoms with Gasteiger partial charge >= 0.3 is 6.16 Å². The van der Waals surface area contributed by atoms with E-state index in [0.717, 1.165) is 7.11 Å². The third-order valence-electron chi connectivity index (χ3n) is 2.68. The number of azo groups is 1. The van der Waals surface area contributed by atoms with E-state index in [2.05, 4.69) is 25.3 Å². The Labute approximate surface area is 137 Å². The van der Waals surface area contributed by atoms with Crippen molar-refractivity contribution in [3.05, 3.63) is 36.4 Å². The summed E-state index contributed by atoms with van der Waals surface area (Å²) in [5.74, 6) is -0.483. The van der Waals surface area contributed by atoms with Gasteiger partial charge in [0.25, 0.3) is 0 Å². The highest BCUT2D eigenvalue weighted by Gasteiger charge is 2.16. The molecule has 0 atom stereocenters. The standard InChI is InChI=1S/C15H15N5O4/c1-9(21)17-14-12(24-15(22)23-2)8-11(13(16)18-14)20-19-10-6-4-3-5-7-10/h3-8H,1-2H3,(H3,16,17,18,21). The molecule has 0 unspecified atom stereocenters. The molecule has 1 amide bonds. The quantitative estimate of drug-likeness (QED) is 0.654. The molecule has 0 bridgehead atoms. The fraction of sp³-hybridized carbons (Fsp3) is 0.133. The van der Waals surface area contributed by atoms with Gasteiger partial charge in [-0.25, -0.2) is 9.78 Å². The molecule has 1 heterocycles. The number of ether oxygens (including phenoxy) is 2. The van der Waals surface area contributed by atoms with Crippen LogP contribution in [0.2, 0.25) is 0 Å². The molecular formula is C15H15N5O4. The predicted molar refractivity (Wildman–Crippen MR) is 86.6 cm³/mol. The highest BCUT2D eigenvalue weighted by Crippen LogP contribution is 2.33. The second-order valence-corrected chi connectivity index (χ2v) is 4.51. The maximum absolute atomic E-state index is 11.3. The first kappa shape index (κ1) is 16.9. The Bertz CT molecular complexity index is 777. The monoisotopic (exact) mass is 329 g/mol. The maximum Gasteiger partial charge on any atom is 0.513 e. The summed E-state index contributed by atoms with van der Waals surface area (Å²) in [6, 6.07) is 10.3. The molecule has 0 fully saturated rings. The number of anilines is 2. The molecule has 24 heavy (non-hydrogen) atoms. The van der Waals surface area contributed by atoms with Gasteiger partial charge in [-0.2, -0.15) is 5.11 Å². The number of nitrogens with two attached hydrogens (primary N) is 1. The van der Waals surface area contributed by atoms with Gasteiger partial charge in [-0.05, 0) is 12.1 Å². The van der Waals surface area contributed by atoms with Crippen LogP contribution in [0.3, 0.4) is 0 Å². The van der Waals surface area contributed by atoms with Crippen molar-refractivity contribution in [1.82, 2.24) is 4.98 Å². The van der Waals surface area contributed by atoms with Crippen molar-refractivity contribution in [2.45, 2.75) is 6.92 Å². The molecule has 0 saturated carbocycles. The lowest BCUT2D eigenvalue weighted by molar-refractivity contribution is -0.114. The third-order valence-corrected chi connectivity index (χ3v) is 2.68. The summed E-state index contributed by atoms with van der Waals surface area (Å²) >= 11 is 0. The zero-order chi connectivity index (χ0) is 17.5. The molecule has 0 aliphatic rings. The van der Waals surface area contributed by atoms with Crippen molar-refractivity contribution in [2.24, 2.45) is 10.2 Å². The molecule has 0 spiro atoms. The first-order valence-electron chi connectivity index (χ1n) is 6.80. The van der Waals surface area contributed by atoms with Crippen molar-refractivity contribution in [2.75, 3.05) is 18.2 Å². The Kier molecular flexibility index (Phi) is 5.40. The summed E-state index contributed by atoms with van der Waals surface area (Å²) in [6.45, 7) is 1.28. The fourth-order valence-electron chi connectivity index (χ4n) is 1.65. The molecule has 9 heteroatoms. The van der Waals surface area contributed by atoms with Crippen LogP contribution < -0.4 is 15.8 Å². The van der Waals surface area contributed by atoms with E-state index in [0.29, 0.717) is 5.69 Å². The first-order valence-corrected chi connectivity index (χ1v) is 6.80. The van der Waals surface area contributed by atoms with Gasteiger partial charge in [-0.3, -0.25) is 4.79 Å².